The average Bonchev–Trinajstić information content (AvgIpc) is 3.43. The van der Waals surface area contributed by atoms with E-state index in [2.05, 4.69) is 15.5 Å². The van der Waals surface area contributed by atoms with Gasteiger partial charge in [-0.25, -0.2) is 14.6 Å². The third kappa shape index (κ3) is 4.00. The number of amides is 2. The van der Waals surface area contributed by atoms with Crippen molar-refractivity contribution in [3.05, 3.63) is 58.2 Å². The van der Waals surface area contributed by atoms with E-state index >= 15 is 0 Å². The average molecular weight is 516 g/mol. The standard InChI is InChI=1S/C21H17N5O7S2/c1-31-25-13(11-8-35-21(22)23-11)15(27)24-14-16(28)26-12(6-7-34-17(14)26)19(30)33-20-10-5-3-2-4-9(10)18(29)32-20/h2-6,8,14,17,20H,7H2,1H3,(H2,22,23)(H,24,27)/b25-13-. The van der Waals surface area contributed by atoms with Crippen LogP contribution in [0.25, 0.3) is 0 Å². The summed E-state index contributed by atoms with van der Waals surface area (Å²) < 4.78 is 10.6. The van der Waals surface area contributed by atoms with Gasteiger partial charge in [0.15, 0.2) is 10.8 Å². The predicted molar refractivity (Wildman–Crippen MR) is 124 cm³/mol. The first-order valence-electron chi connectivity index (χ1n) is 10.2. The van der Waals surface area contributed by atoms with Crippen molar-refractivity contribution >= 4 is 57.7 Å². The molecule has 1 aromatic heterocycles. The minimum absolute atomic E-state index is 0.0164. The van der Waals surface area contributed by atoms with E-state index < -0.39 is 41.5 Å². The van der Waals surface area contributed by atoms with E-state index in [9.17, 15) is 19.2 Å². The van der Waals surface area contributed by atoms with Gasteiger partial charge in [0.05, 0.1) is 5.56 Å². The minimum atomic E-state index is -1.20. The number of hydrogen-bond donors (Lipinski definition) is 2. The Balaban J connectivity index is 1.27. The second kappa shape index (κ2) is 9.03. The summed E-state index contributed by atoms with van der Waals surface area (Å²) in [5, 5.41) is 7.58. The van der Waals surface area contributed by atoms with Crippen LogP contribution >= 0.6 is 23.1 Å². The molecule has 180 valence electrons. The largest absolute Gasteiger partial charge is 0.417 e. The van der Waals surface area contributed by atoms with Crippen LogP contribution in [0.15, 0.2) is 46.6 Å². The van der Waals surface area contributed by atoms with Gasteiger partial charge in [0.1, 0.15) is 29.9 Å². The van der Waals surface area contributed by atoms with E-state index in [1.54, 1.807) is 35.7 Å². The number of anilines is 1. The number of fused-ring (bicyclic) bond motifs is 2. The molecule has 1 aromatic carbocycles. The number of carbonyl (C=O) groups is 4. The topological polar surface area (TPSA) is 163 Å². The molecule has 2 amide bonds. The lowest BCUT2D eigenvalue weighted by molar-refractivity contribution is -0.168. The Kier molecular flexibility index (Phi) is 5.90. The molecule has 2 aromatic rings. The number of nitrogens with zero attached hydrogens (tertiary/aromatic N) is 3. The molecule has 5 rings (SSSR count). The molecule has 0 radical (unpaired) electrons. The van der Waals surface area contributed by atoms with E-state index in [0.29, 0.717) is 16.9 Å². The number of β-lactam (4-membered cyclic amide) rings is 1. The second-order valence-corrected chi connectivity index (χ2v) is 9.44. The summed E-state index contributed by atoms with van der Waals surface area (Å²) in [6.07, 6.45) is 0.350. The molecule has 35 heavy (non-hydrogen) atoms. The van der Waals surface area contributed by atoms with Crippen molar-refractivity contribution in [2.24, 2.45) is 5.16 Å². The Hall–Kier alpha value is -3.91. The van der Waals surface area contributed by atoms with Crippen LogP contribution in [0.2, 0.25) is 0 Å². The van der Waals surface area contributed by atoms with Gasteiger partial charge >= 0.3 is 11.9 Å². The Bertz CT molecular complexity index is 1310. The number of thiazole rings is 1. The third-order valence-electron chi connectivity index (χ3n) is 5.37. The Labute approximate surface area is 206 Å². The maximum atomic E-state index is 12.9. The molecular formula is C21H17N5O7S2. The summed E-state index contributed by atoms with van der Waals surface area (Å²) in [5.74, 6) is -2.19. The second-order valence-electron chi connectivity index (χ2n) is 7.40. The SMILES string of the molecule is CO/N=C(\C(=O)NC1C(=O)N2C(C(=O)OC3OC(=O)c4ccccc43)=CCSC12)c1csc(N)n1. The Morgan fingerprint density at radius 3 is 2.86 bits per heavy atom. The fourth-order valence-corrected chi connectivity index (χ4v) is 5.53. The third-order valence-corrected chi connectivity index (χ3v) is 7.22. The maximum Gasteiger partial charge on any atom is 0.358 e. The van der Waals surface area contributed by atoms with Gasteiger partial charge in [-0.05, 0) is 12.1 Å². The Morgan fingerprint density at radius 2 is 2.11 bits per heavy atom. The molecule has 3 N–H and O–H groups in total. The van der Waals surface area contributed by atoms with E-state index in [0.717, 1.165) is 11.3 Å². The number of thioether (sulfide) groups is 1. The van der Waals surface area contributed by atoms with Crippen LogP contribution in [0.4, 0.5) is 5.13 Å². The smallest absolute Gasteiger partial charge is 0.358 e. The van der Waals surface area contributed by atoms with Crippen LogP contribution < -0.4 is 11.1 Å². The number of rotatable bonds is 6. The molecule has 12 nitrogen and oxygen atoms in total. The van der Waals surface area contributed by atoms with Crippen LogP contribution in [-0.4, -0.2) is 63.6 Å². The molecule has 1 saturated heterocycles. The molecule has 1 fully saturated rings. The number of nitrogens with one attached hydrogen (secondary N) is 1. The van der Waals surface area contributed by atoms with Crippen molar-refractivity contribution in [2.45, 2.75) is 17.7 Å². The highest BCUT2D eigenvalue weighted by molar-refractivity contribution is 8.00. The highest BCUT2D eigenvalue weighted by Crippen LogP contribution is 2.39. The number of aromatic nitrogens is 1. The summed E-state index contributed by atoms with van der Waals surface area (Å²) in [7, 11) is 1.28. The van der Waals surface area contributed by atoms with Gasteiger partial charge < -0.3 is 25.4 Å². The van der Waals surface area contributed by atoms with Gasteiger partial charge in [0, 0.05) is 16.7 Å². The first kappa shape index (κ1) is 22.9. The van der Waals surface area contributed by atoms with Gasteiger partial charge in [0.25, 0.3) is 18.1 Å². The van der Waals surface area contributed by atoms with Crippen molar-refractivity contribution in [3.8, 4) is 0 Å². The van der Waals surface area contributed by atoms with Gasteiger partial charge in [-0.3, -0.25) is 14.5 Å². The van der Waals surface area contributed by atoms with Crippen LogP contribution in [0.1, 0.15) is 27.9 Å². The van der Waals surface area contributed by atoms with Gasteiger partial charge in [0.2, 0.25) is 0 Å². The number of carbonyl (C=O) groups excluding carboxylic acids is 4. The zero-order valence-corrected chi connectivity index (χ0v) is 19.6. The summed E-state index contributed by atoms with van der Waals surface area (Å²) in [6.45, 7) is 0. The molecule has 3 aliphatic heterocycles. The highest BCUT2D eigenvalue weighted by atomic mass is 32.2. The first-order valence-corrected chi connectivity index (χ1v) is 12.1. The minimum Gasteiger partial charge on any atom is -0.417 e. The van der Waals surface area contributed by atoms with E-state index in [4.69, 9.17) is 20.0 Å². The van der Waals surface area contributed by atoms with E-state index in [1.165, 1.54) is 23.8 Å². The summed E-state index contributed by atoms with van der Waals surface area (Å²) >= 11 is 2.49. The number of ether oxygens (including phenoxy) is 2. The lowest BCUT2D eigenvalue weighted by Crippen LogP contribution is -2.70. The molecule has 14 heteroatoms. The van der Waals surface area contributed by atoms with Crippen LogP contribution in [0.5, 0.6) is 0 Å². The van der Waals surface area contributed by atoms with Crippen LogP contribution in [-0.2, 0) is 28.7 Å². The Morgan fingerprint density at radius 1 is 1.31 bits per heavy atom. The number of benzene rings is 1. The first-order chi connectivity index (χ1) is 16.9. The van der Waals surface area contributed by atoms with Crippen LogP contribution in [0, 0.1) is 0 Å². The number of esters is 2. The highest BCUT2D eigenvalue weighted by Gasteiger charge is 2.53. The maximum absolute atomic E-state index is 12.9. The molecule has 0 saturated carbocycles. The summed E-state index contributed by atoms with van der Waals surface area (Å²) in [6, 6.07) is 5.66. The number of nitrogen functional groups attached to an aromatic ring is 1. The van der Waals surface area contributed by atoms with Gasteiger partial charge in [-0.2, -0.15) is 0 Å². The fourth-order valence-electron chi connectivity index (χ4n) is 3.79. The molecule has 0 spiro atoms. The molecule has 0 aliphatic carbocycles. The van der Waals surface area contributed by atoms with E-state index in [1.807, 2.05) is 0 Å². The summed E-state index contributed by atoms with van der Waals surface area (Å²) in [5.41, 5.74) is 6.47. The number of oxime groups is 1. The summed E-state index contributed by atoms with van der Waals surface area (Å²) in [4.78, 5) is 60.6. The number of nitrogens with two attached hydrogens (primary N) is 1. The molecule has 0 bridgehead atoms. The normalized spacial score (nSPS) is 22.9. The monoisotopic (exact) mass is 515 g/mol. The number of hydrogen-bond acceptors (Lipinski definition) is 12. The molecule has 4 heterocycles. The van der Waals surface area contributed by atoms with Crippen molar-refractivity contribution in [3.63, 3.8) is 0 Å². The van der Waals surface area contributed by atoms with Crippen LogP contribution in [0.3, 0.4) is 0 Å². The zero-order valence-electron chi connectivity index (χ0n) is 18.0. The lowest BCUT2D eigenvalue weighted by Gasteiger charge is -2.48. The quantitative estimate of drug-likeness (QED) is 0.243. The zero-order chi connectivity index (χ0) is 24.7. The lowest BCUT2D eigenvalue weighted by atomic mass is 10.0. The van der Waals surface area contributed by atoms with Crippen molar-refractivity contribution in [2.75, 3.05) is 18.6 Å². The van der Waals surface area contributed by atoms with Crippen molar-refractivity contribution < 1.29 is 33.5 Å². The van der Waals surface area contributed by atoms with E-state index in [-0.39, 0.29) is 22.2 Å². The fraction of sp³-hybridized carbons (Fsp3) is 0.238. The van der Waals surface area contributed by atoms with Crippen molar-refractivity contribution in [1.29, 1.82) is 0 Å². The molecule has 3 unspecified atom stereocenters. The predicted octanol–water partition coefficient (Wildman–Crippen LogP) is 0.772. The molecular weight excluding hydrogens is 498 g/mol. The number of cyclic esters (lactones) is 1. The molecule has 3 atom stereocenters. The van der Waals surface area contributed by atoms with Gasteiger partial charge in [-0.1, -0.05) is 23.4 Å². The molecule has 3 aliphatic rings. The van der Waals surface area contributed by atoms with Crippen molar-refractivity contribution in [1.82, 2.24) is 15.2 Å². The van der Waals surface area contributed by atoms with Gasteiger partial charge in [-0.15, -0.1) is 23.1 Å².